The number of rotatable bonds is 5. The number of carbonyl (C=O) groups excluding carboxylic acids is 1. The number of nitrogens with one attached hydrogen (secondary N) is 1. The van der Waals surface area contributed by atoms with Crippen LogP contribution in [0, 0.1) is 17.7 Å². The highest BCUT2D eigenvalue weighted by atomic mass is 32.2. The molecule has 0 radical (unpaired) electrons. The second kappa shape index (κ2) is 8.86. The highest BCUT2D eigenvalue weighted by molar-refractivity contribution is 7.89. The van der Waals surface area contributed by atoms with E-state index in [1.807, 2.05) is 26.0 Å². The molecule has 0 aliphatic carbocycles. The molecule has 30 heavy (non-hydrogen) atoms. The predicted molar refractivity (Wildman–Crippen MR) is 117 cm³/mol. The SMILES string of the molecule is CC1CC(C)CN(S(=O)(=O)c2ccc(F)c(C(=O)Nc3ccc(C(C)C)cc3)c2)C1. The van der Waals surface area contributed by atoms with E-state index in [1.165, 1.54) is 10.4 Å². The average molecular weight is 433 g/mol. The molecule has 1 saturated heterocycles. The zero-order valence-electron chi connectivity index (χ0n) is 17.9. The number of anilines is 1. The van der Waals surface area contributed by atoms with Crippen molar-refractivity contribution in [3.05, 3.63) is 59.4 Å². The Bertz CT molecular complexity index is 1010. The lowest BCUT2D eigenvalue weighted by molar-refractivity contribution is 0.102. The van der Waals surface area contributed by atoms with E-state index in [2.05, 4.69) is 19.2 Å². The average Bonchev–Trinajstić information content (AvgIpc) is 2.67. The summed E-state index contributed by atoms with van der Waals surface area (Å²) in [5.41, 5.74) is 1.36. The first-order chi connectivity index (χ1) is 14.1. The van der Waals surface area contributed by atoms with E-state index < -0.39 is 21.7 Å². The van der Waals surface area contributed by atoms with Crippen molar-refractivity contribution in [3.63, 3.8) is 0 Å². The third-order valence-corrected chi connectivity index (χ3v) is 7.32. The fraction of sp³-hybridized carbons (Fsp3) is 0.435. The molecule has 7 heteroatoms. The summed E-state index contributed by atoms with van der Waals surface area (Å²) in [6, 6.07) is 10.7. The molecule has 1 N–H and O–H groups in total. The van der Waals surface area contributed by atoms with Gasteiger partial charge in [-0.05, 0) is 60.1 Å². The summed E-state index contributed by atoms with van der Waals surface area (Å²) >= 11 is 0. The number of benzene rings is 2. The molecule has 0 aromatic heterocycles. The Hall–Kier alpha value is -2.25. The van der Waals surface area contributed by atoms with Crippen LogP contribution in [0.5, 0.6) is 0 Å². The van der Waals surface area contributed by atoms with Gasteiger partial charge in [0.2, 0.25) is 10.0 Å². The Labute approximate surface area is 178 Å². The van der Waals surface area contributed by atoms with Gasteiger partial charge in [0, 0.05) is 18.8 Å². The third-order valence-electron chi connectivity index (χ3n) is 5.49. The van der Waals surface area contributed by atoms with Crippen LogP contribution in [0.15, 0.2) is 47.4 Å². The van der Waals surface area contributed by atoms with E-state index in [0.717, 1.165) is 24.1 Å². The number of hydrogen-bond donors (Lipinski definition) is 1. The van der Waals surface area contributed by atoms with E-state index in [1.54, 1.807) is 12.1 Å². The molecule has 2 aromatic carbocycles. The molecule has 162 valence electrons. The molecule has 0 bridgehead atoms. The smallest absolute Gasteiger partial charge is 0.258 e. The highest BCUT2D eigenvalue weighted by Gasteiger charge is 2.32. The standard InChI is InChI=1S/C23H29FN2O3S/c1-15(2)18-5-7-19(8-6-18)25-23(27)21-12-20(9-10-22(21)24)30(28,29)26-13-16(3)11-17(4)14-26/h5-10,12,15-17H,11,13-14H2,1-4H3,(H,25,27). The van der Waals surface area contributed by atoms with Gasteiger partial charge in [-0.1, -0.05) is 39.8 Å². The van der Waals surface area contributed by atoms with Crippen LogP contribution in [0.3, 0.4) is 0 Å². The van der Waals surface area contributed by atoms with E-state index in [9.17, 15) is 17.6 Å². The Kier molecular flexibility index (Phi) is 6.62. The van der Waals surface area contributed by atoms with E-state index in [0.29, 0.717) is 24.7 Å². The Balaban J connectivity index is 1.84. The van der Waals surface area contributed by atoms with Gasteiger partial charge in [-0.15, -0.1) is 0 Å². The summed E-state index contributed by atoms with van der Waals surface area (Å²) in [4.78, 5) is 12.6. The minimum atomic E-state index is -3.80. The molecule has 2 aromatic rings. The molecule has 1 aliphatic rings. The van der Waals surface area contributed by atoms with Gasteiger partial charge in [0.05, 0.1) is 10.5 Å². The maximum absolute atomic E-state index is 14.4. The van der Waals surface area contributed by atoms with Gasteiger partial charge in [0.15, 0.2) is 0 Å². The summed E-state index contributed by atoms with van der Waals surface area (Å²) in [6.07, 6.45) is 0.971. The van der Waals surface area contributed by atoms with Gasteiger partial charge in [-0.2, -0.15) is 4.31 Å². The highest BCUT2D eigenvalue weighted by Crippen LogP contribution is 2.28. The molecule has 1 fully saturated rings. The van der Waals surface area contributed by atoms with Crippen LogP contribution in [-0.2, 0) is 10.0 Å². The van der Waals surface area contributed by atoms with Crippen molar-refractivity contribution < 1.29 is 17.6 Å². The van der Waals surface area contributed by atoms with Crippen LogP contribution < -0.4 is 5.32 Å². The maximum atomic E-state index is 14.4. The van der Waals surface area contributed by atoms with Crippen LogP contribution in [0.1, 0.15) is 56.0 Å². The summed E-state index contributed by atoms with van der Waals surface area (Å²) < 4.78 is 42.0. The summed E-state index contributed by atoms with van der Waals surface area (Å²) in [5, 5.41) is 2.65. The van der Waals surface area contributed by atoms with Crippen LogP contribution in [0.4, 0.5) is 10.1 Å². The van der Waals surface area contributed by atoms with Crippen molar-refractivity contribution in [1.82, 2.24) is 4.31 Å². The lowest BCUT2D eigenvalue weighted by Crippen LogP contribution is -2.42. The van der Waals surface area contributed by atoms with Gasteiger partial charge in [-0.25, -0.2) is 12.8 Å². The number of amides is 1. The molecule has 2 unspecified atom stereocenters. The van der Waals surface area contributed by atoms with E-state index >= 15 is 0 Å². The predicted octanol–water partition coefficient (Wildman–Crippen LogP) is 4.87. The van der Waals surface area contributed by atoms with E-state index in [-0.39, 0.29) is 22.3 Å². The summed E-state index contributed by atoms with van der Waals surface area (Å²) in [7, 11) is -3.80. The van der Waals surface area contributed by atoms with Crippen molar-refractivity contribution >= 4 is 21.6 Å². The lowest BCUT2D eigenvalue weighted by Gasteiger charge is -2.34. The molecule has 2 atom stereocenters. The number of nitrogens with zero attached hydrogens (tertiary/aromatic N) is 1. The molecule has 1 amide bonds. The minimum Gasteiger partial charge on any atom is -0.322 e. The molecule has 5 nitrogen and oxygen atoms in total. The second-order valence-electron chi connectivity index (χ2n) is 8.64. The van der Waals surface area contributed by atoms with Crippen molar-refractivity contribution in [2.24, 2.45) is 11.8 Å². The minimum absolute atomic E-state index is 0.0643. The third kappa shape index (κ3) is 4.90. The Morgan fingerprint density at radius 3 is 2.23 bits per heavy atom. The molecule has 1 aliphatic heterocycles. The summed E-state index contributed by atoms with van der Waals surface area (Å²) in [6.45, 7) is 9.03. The number of carbonyl (C=O) groups is 1. The van der Waals surface area contributed by atoms with Crippen molar-refractivity contribution in [3.8, 4) is 0 Å². The first kappa shape index (κ1) is 22.4. The lowest BCUT2D eigenvalue weighted by atomic mass is 9.94. The van der Waals surface area contributed by atoms with Crippen LogP contribution in [0.2, 0.25) is 0 Å². The van der Waals surface area contributed by atoms with Crippen LogP contribution in [-0.4, -0.2) is 31.7 Å². The largest absolute Gasteiger partial charge is 0.322 e. The number of sulfonamides is 1. The summed E-state index contributed by atoms with van der Waals surface area (Å²) in [5.74, 6) is -0.580. The molecular formula is C23H29FN2O3S. The molecule has 1 heterocycles. The molecule has 3 rings (SSSR count). The number of halogens is 1. The van der Waals surface area contributed by atoms with Gasteiger partial charge in [0.1, 0.15) is 5.82 Å². The Morgan fingerprint density at radius 2 is 1.67 bits per heavy atom. The second-order valence-corrected chi connectivity index (χ2v) is 10.6. The van der Waals surface area contributed by atoms with Crippen molar-refractivity contribution in [2.75, 3.05) is 18.4 Å². The van der Waals surface area contributed by atoms with Crippen molar-refractivity contribution in [2.45, 2.75) is 44.9 Å². The molecule has 0 spiro atoms. The van der Waals surface area contributed by atoms with Crippen LogP contribution >= 0.6 is 0 Å². The van der Waals surface area contributed by atoms with Gasteiger partial charge in [0.25, 0.3) is 5.91 Å². The Morgan fingerprint density at radius 1 is 1.07 bits per heavy atom. The zero-order valence-corrected chi connectivity index (χ0v) is 18.7. The van der Waals surface area contributed by atoms with Gasteiger partial charge < -0.3 is 5.32 Å². The fourth-order valence-corrected chi connectivity index (χ4v) is 5.65. The number of piperidine rings is 1. The number of hydrogen-bond acceptors (Lipinski definition) is 3. The fourth-order valence-electron chi connectivity index (χ4n) is 3.94. The first-order valence-electron chi connectivity index (χ1n) is 10.3. The quantitative estimate of drug-likeness (QED) is 0.733. The molecular weight excluding hydrogens is 403 g/mol. The zero-order chi connectivity index (χ0) is 22.1. The monoisotopic (exact) mass is 432 g/mol. The molecule has 0 saturated carbocycles. The van der Waals surface area contributed by atoms with Crippen molar-refractivity contribution in [1.29, 1.82) is 0 Å². The maximum Gasteiger partial charge on any atom is 0.258 e. The van der Waals surface area contributed by atoms with Gasteiger partial charge >= 0.3 is 0 Å². The normalized spacial score (nSPS) is 20.3. The topological polar surface area (TPSA) is 66.5 Å². The first-order valence-corrected chi connectivity index (χ1v) is 11.7. The van der Waals surface area contributed by atoms with Gasteiger partial charge in [-0.3, -0.25) is 4.79 Å². The van der Waals surface area contributed by atoms with Crippen LogP contribution in [0.25, 0.3) is 0 Å². The van der Waals surface area contributed by atoms with E-state index in [4.69, 9.17) is 0 Å².